The Labute approximate surface area is 128 Å². The summed E-state index contributed by atoms with van der Waals surface area (Å²) in [5.74, 6) is 0.485. The summed E-state index contributed by atoms with van der Waals surface area (Å²) >= 11 is 3.59. The third kappa shape index (κ3) is 2.91. The second kappa shape index (κ2) is 5.86. The minimum Gasteiger partial charge on any atom is -0.335 e. The highest BCUT2D eigenvalue weighted by Gasteiger charge is 2.39. The zero-order chi connectivity index (χ0) is 14.1. The number of nitrogens with one attached hydrogen (secondary N) is 1. The van der Waals surface area contributed by atoms with Crippen LogP contribution in [0.5, 0.6) is 0 Å². The van der Waals surface area contributed by atoms with Crippen LogP contribution < -0.4 is 5.32 Å². The van der Waals surface area contributed by atoms with Gasteiger partial charge in [0.1, 0.15) is 0 Å². The van der Waals surface area contributed by atoms with Crippen molar-refractivity contribution in [3.63, 3.8) is 0 Å². The van der Waals surface area contributed by atoms with Crippen LogP contribution in [0, 0.1) is 5.92 Å². The predicted molar refractivity (Wildman–Crippen MR) is 83.3 cm³/mol. The van der Waals surface area contributed by atoms with Crippen molar-refractivity contribution in [2.45, 2.75) is 44.8 Å². The molecule has 1 N–H and O–H groups in total. The second-order valence-corrected chi connectivity index (χ2v) is 6.78. The molecule has 1 heterocycles. The third-order valence-electron chi connectivity index (χ3n) is 4.41. The van der Waals surface area contributed by atoms with Crippen LogP contribution in [-0.2, 0) is 11.3 Å². The molecule has 0 radical (unpaired) electrons. The molecule has 1 amide bonds. The molecule has 1 saturated carbocycles. The van der Waals surface area contributed by atoms with Gasteiger partial charge < -0.3 is 10.2 Å². The van der Waals surface area contributed by atoms with Crippen molar-refractivity contribution in [1.29, 1.82) is 0 Å². The van der Waals surface area contributed by atoms with Crippen LogP contribution in [0.15, 0.2) is 28.7 Å². The Morgan fingerprint density at radius 1 is 1.35 bits per heavy atom. The molecule has 2 fully saturated rings. The molecule has 0 bridgehead atoms. The van der Waals surface area contributed by atoms with E-state index >= 15 is 0 Å². The van der Waals surface area contributed by atoms with E-state index < -0.39 is 0 Å². The van der Waals surface area contributed by atoms with Gasteiger partial charge in [0.05, 0.1) is 5.92 Å². The number of amides is 1. The van der Waals surface area contributed by atoms with Gasteiger partial charge in [-0.3, -0.25) is 4.79 Å². The number of nitrogens with zero attached hydrogens (tertiary/aromatic N) is 1. The van der Waals surface area contributed by atoms with Gasteiger partial charge in [0.25, 0.3) is 0 Å². The van der Waals surface area contributed by atoms with E-state index in [1.807, 2.05) is 18.2 Å². The van der Waals surface area contributed by atoms with E-state index in [0.717, 1.165) is 36.8 Å². The summed E-state index contributed by atoms with van der Waals surface area (Å²) < 4.78 is 1.09. The Bertz CT molecular complexity index is 501. The van der Waals surface area contributed by atoms with Crippen LogP contribution in [0.2, 0.25) is 0 Å². The molecule has 1 aliphatic carbocycles. The SMILES string of the molecule is CC1NCCC1C(=O)N(Cc1ccccc1Br)C1CC1. The first-order valence-corrected chi connectivity index (χ1v) is 8.23. The standard InChI is InChI=1S/C16H21BrN2O/c1-11-14(8-9-18-11)16(20)19(13-6-7-13)10-12-4-2-3-5-15(12)17/h2-5,11,13-14,18H,6-10H2,1H3. The van der Waals surface area contributed by atoms with Crippen molar-refractivity contribution in [2.75, 3.05) is 6.54 Å². The molecular formula is C16H21BrN2O. The van der Waals surface area contributed by atoms with Crippen LogP contribution in [0.3, 0.4) is 0 Å². The maximum atomic E-state index is 12.8. The number of halogens is 1. The highest BCUT2D eigenvalue weighted by atomic mass is 79.9. The summed E-state index contributed by atoms with van der Waals surface area (Å²) in [7, 11) is 0. The molecule has 4 heteroatoms. The Balaban J connectivity index is 1.76. The number of rotatable bonds is 4. The normalized spacial score (nSPS) is 25.7. The van der Waals surface area contributed by atoms with Crippen LogP contribution >= 0.6 is 15.9 Å². The van der Waals surface area contributed by atoms with E-state index in [0.29, 0.717) is 18.0 Å². The molecule has 1 aromatic carbocycles. The van der Waals surface area contributed by atoms with E-state index in [2.05, 4.69) is 39.1 Å². The summed E-state index contributed by atoms with van der Waals surface area (Å²) in [6.45, 7) is 3.82. The lowest BCUT2D eigenvalue weighted by atomic mass is 10.00. The van der Waals surface area contributed by atoms with Crippen LogP contribution in [0.25, 0.3) is 0 Å². The number of hydrogen-bond donors (Lipinski definition) is 1. The second-order valence-electron chi connectivity index (χ2n) is 5.93. The van der Waals surface area contributed by atoms with Gasteiger partial charge in [-0.25, -0.2) is 0 Å². The molecule has 20 heavy (non-hydrogen) atoms. The van der Waals surface area contributed by atoms with Gasteiger partial charge in [-0.15, -0.1) is 0 Å². The number of carbonyl (C=O) groups is 1. The van der Waals surface area contributed by atoms with E-state index in [9.17, 15) is 4.79 Å². The first-order chi connectivity index (χ1) is 9.66. The van der Waals surface area contributed by atoms with Crippen LogP contribution in [0.4, 0.5) is 0 Å². The average Bonchev–Trinajstić information content (AvgIpc) is 3.19. The van der Waals surface area contributed by atoms with Gasteiger partial charge in [0.2, 0.25) is 5.91 Å². The summed E-state index contributed by atoms with van der Waals surface area (Å²) in [5, 5.41) is 3.38. The minimum atomic E-state index is 0.151. The Morgan fingerprint density at radius 2 is 2.10 bits per heavy atom. The molecule has 2 atom stereocenters. The van der Waals surface area contributed by atoms with Crippen molar-refractivity contribution in [2.24, 2.45) is 5.92 Å². The number of benzene rings is 1. The van der Waals surface area contributed by atoms with Crippen LogP contribution in [0.1, 0.15) is 31.7 Å². The van der Waals surface area contributed by atoms with Crippen molar-refractivity contribution in [3.05, 3.63) is 34.3 Å². The molecule has 1 aromatic rings. The molecule has 1 saturated heterocycles. The first kappa shape index (κ1) is 14.1. The summed E-state index contributed by atoms with van der Waals surface area (Å²) in [5.41, 5.74) is 1.20. The third-order valence-corrected chi connectivity index (χ3v) is 5.19. The monoisotopic (exact) mass is 336 g/mol. The molecule has 2 aliphatic rings. The molecule has 1 aliphatic heterocycles. The van der Waals surface area contributed by atoms with E-state index in [-0.39, 0.29) is 5.92 Å². The lowest BCUT2D eigenvalue weighted by molar-refractivity contribution is -0.137. The maximum Gasteiger partial charge on any atom is 0.227 e. The minimum absolute atomic E-state index is 0.151. The predicted octanol–water partition coefficient (Wildman–Crippen LogP) is 2.94. The Kier molecular flexibility index (Phi) is 4.13. The van der Waals surface area contributed by atoms with Crippen molar-refractivity contribution in [1.82, 2.24) is 10.2 Å². The zero-order valence-corrected chi connectivity index (χ0v) is 13.4. The topological polar surface area (TPSA) is 32.3 Å². The molecule has 3 rings (SSSR count). The quantitative estimate of drug-likeness (QED) is 0.916. The summed E-state index contributed by atoms with van der Waals surface area (Å²) in [4.78, 5) is 14.9. The van der Waals surface area contributed by atoms with Gasteiger partial charge in [0, 0.05) is 23.1 Å². The molecule has 108 valence electrons. The Hall–Kier alpha value is -0.870. The van der Waals surface area contributed by atoms with E-state index in [1.165, 1.54) is 5.56 Å². The van der Waals surface area contributed by atoms with Gasteiger partial charge in [-0.2, -0.15) is 0 Å². The van der Waals surface area contributed by atoms with Crippen LogP contribution in [-0.4, -0.2) is 29.4 Å². The lowest BCUT2D eigenvalue weighted by Crippen LogP contribution is -2.41. The van der Waals surface area contributed by atoms with Gasteiger partial charge in [0.15, 0.2) is 0 Å². The fraction of sp³-hybridized carbons (Fsp3) is 0.562. The maximum absolute atomic E-state index is 12.8. The zero-order valence-electron chi connectivity index (χ0n) is 11.8. The molecule has 2 unspecified atom stereocenters. The van der Waals surface area contributed by atoms with Gasteiger partial charge in [-0.05, 0) is 44.4 Å². The van der Waals surface area contributed by atoms with Crippen molar-refractivity contribution in [3.8, 4) is 0 Å². The van der Waals surface area contributed by atoms with Crippen molar-refractivity contribution >= 4 is 21.8 Å². The van der Waals surface area contributed by atoms with E-state index in [1.54, 1.807) is 0 Å². The van der Waals surface area contributed by atoms with Gasteiger partial charge in [-0.1, -0.05) is 34.1 Å². The fourth-order valence-electron chi connectivity index (χ4n) is 2.99. The molecular weight excluding hydrogens is 316 g/mol. The van der Waals surface area contributed by atoms with Crippen molar-refractivity contribution < 1.29 is 4.79 Å². The Morgan fingerprint density at radius 3 is 2.70 bits per heavy atom. The van der Waals surface area contributed by atoms with E-state index in [4.69, 9.17) is 0 Å². The smallest absolute Gasteiger partial charge is 0.227 e. The first-order valence-electron chi connectivity index (χ1n) is 7.44. The fourth-order valence-corrected chi connectivity index (χ4v) is 3.40. The molecule has 0 aromatic heterocycles. The van der Waals surface area contributed by atoms with Gasteiger partial charge >= 0.3 is 0 Å². The molecule has 0 spiro atoms. The highest BCUT2D eigenvalue weighted by Crippen LogP contribution is 2.32. The number of carbonyl (C=O) groups excluding carboxylic acids is 1. The summed E-state index contributed by atoms with van der Waals surface area (Å²) in [6.07, 6.45) is 3.29. The summed E-state index contributed by atoms with van der Waals surface area (Å²) in [6, 6.07) is 8.97. The highest BCUT2D eigenvalue weighted by molar-refractivity contribution is 9.10. The number of hydrogen-bond acceptors (Lipinski definition) is 2. The molecule has 3 nitrogen and oxygen atoms in total. The largest absolute Gasteiger partial charge is 0.335 e. The lowest BCUT2D eigenvalue weighted by Gasteiger charge is -2.27. The average molecular weight is 337 g/mol.